The molecule has 0 aliphatic heterocycles. The van der Waals surface area contributed by atoms with Crippen LogP contribution in [0.1, 0.15) is 26.3 Å². The van der Waals surface area contributed by atoms with Crippen molar-refractivity contribution in [2.75, 3.05) is 5.73 Å². The number of nitrogens with two attached hydrogens (primary N) is 1. The summed E-state index contributed by atoms with van der Waals surface area (Å²) in [5.74, 6) is 0. The topological polar surface area (TPSA) is 38.9 Å². The van der Waals surface area contributed by atoms with Crippen LogP contribution in [-0.4, -0.2) is 4.98 Å². The second kappa shape index (κ2) is 5.71. The summed E-state index contributed by atoms with van der Waals surface area (Å²) < 4.78 is 0. The molecule has 0 saturated heterocycles. The average Bonchev–Trinajstić information content (AvgIpc) is 2.09. The van der Waals surface area contributed by atoms with Gasteiger partial charge in [-0.3, -0.25) is 4.98 Å². The molecule has 0 aromatic carbocycles. The van der Waals surface area contributed by atoms with Gasteiger partial charge >= 0.3 is 0 Å². The summed E-state index contributed by atoms with van der Waals surface area (Å²) in [6, 6.07) is 1.94. The van der Waals surface area contributed by atoms with Gasteiger partial charge in [-0.2, -0.15) is 0 Å². The number of pyridine rings is 1. The molecular formula is C9H16N2. The van der Waals surface area contributed by atoms with E-state index in [-0.39, 0.29) is 0 Å². The number of hydrogen-bond donors (Lipinski definition) is 1. The summed E-state index contributed by atoms with van der Waals surface area (Å²) >= 11 is 0. The standard InChI is InChI=1S/C7H10N2.C2H6/c1-2-6-3-4-9-5-7(6)8;1-2/h3-5H,2,8H2,1H3;1-2H3. The highest BCUT2D eigenvalue weighted by Gasteiger charge is 1.91. The fraction of sp³-hybridized carbons (Fsp3) is 0.444. The van der Waals surface area contributed by atoms with Crippen molar-refractivity contribution in [3.8, 4) is 0 Å². The van der Waals surface area contributed by atoms with Crippen LogP contribution in [0.5, 0.6) is 0 Å². The van der Waals surface area contributed by atoms with Crippen LogP contribution in [0, 0.1) is 0 Å². The van der Waals surface area contributed by atoms with Crippen LogP contribution < -0.4 is 5.73 Å². The fourth-order valence-electron chi connectivity index (χ4n) is 0.757. The van der Waals surface area contributed by atoms with Crippen LogP contribution in [0.15, 0.2) is 18.5 Å². The molecule has 1 heterocycles. The average molecular weight is 152 g/mol. The summed E-state index contributed by atoms with van der Waals surface area (Å²) in [7, 11) is 0. The monoisotopic (exact) mass is 152 g/mol. The lowest BCUT2D eigenvalue weighted by atomic mass is 10.2. The Morgan fingerprint density at radius 1 is 1.45 bits per heavy atom. The van der Waals surface area contributed by atoms with E-state index in [2.05, 4.69) is 11.9 Å². The Morgan fingerprint density at radius 3 is 2.45 bits per heavy atom. The van der Waals surface area contributed by atoms with Gasteiger partial charge in [0, 0.05) is 6.20 Å². The van der Waals surface area contributed by atoms with Gasteiger partial charge in [0.25, 0.3) is 0 Å². The molecule has 0 radical (unpaired) electrons. The smallest absolute Gasteiger partial charge is 0.0533 e. The van der Waals surface area contributed by atoms with Gasteiger partial charge in [-0.15, -0.1) is 0 Å². The largest absolute Gasteiger partial charge is 0.397 e. The molecule has 0 saturated carbocycles. The van der Waals surface area contributed by atoms with Crippen molar-refractivity contribution in [3.63, 3.8) is 0 Å². The Balaban J connectivity index is 0.000000461. The molecule has 1 aromatic heterocycles. The van der Waals surface area contributed by atoms with Crippen LogP contribution in [-0.2, 0) is 6.42 Å². The first-order valence-corrected chi connectivity index (χ1v) is 4.03. The van der Waals surface area contributed by atoms with Gasteiger partial charge in [0.2, 0.25) is 0 Å². The third kappa shape index (κ3) is 3.03. The Labute approximate surface area is 68.5 Å². The van der Waals surface area contributed by atoms with Crippen LogP contribution in [0.2, 0.25) is 0 Å². The maximum absolute atomic E-state index is 5.57. The van der Waals surface area contributed by atoms with Crippen molar-refractivity contribution in [2.45, 2.75) is 27.2 Å². The van der Waals surface area contributed by atoms with Crippen molar-refractivity contribution in [1.29, 1.82) is 0 Å². The van der Waals surface area contributed by atoms with E-state index in [0.717, 1.165) is 12.1 Å². The summed E-state index contributed by atoms with van der Waals surface area (Å²) in [6.45, 7) is 6.08. The minimum Gasteiger partial charge on any atom is -0.397 e. The zero-order valence-corrected chi connectivity index (χ0v) is 7.46. The number of hydrogen-bond acceptors (Lipinski definition) is 2. The lowest BCUT2D eigenvalue weighted by Gasteiger charge is -1.97. The summed E-state index contributed by atoms with van der Waals surface area (Å²) in [5.41, 5.74) is 7.53. The van der Waals surface area contributed by atoms with Crippen LogP contribution >= 0.6 is 0 Å². The van der Waals surface area contributed by atoms with E-state index in [1.807, 2.05) is 19.9 Å². The van der Waals surface area contributed by atoms with Crippen molar-refractivity contribution in [1.82, 2.24) is 4.98 Å². The van der Waals surface area contributed by atoms with E-state index in [1.54, 1.807) is 12.4 Å². The first-order valence-electron chi connectivity index (χ1n) is 4.03. The van der Waals surface area contributed by atoms with Gasteiger partial charge in [0.1, 0.15) is 0 Å². The SMILES string of the molecule is CC.CCc1ccncc1N. The summed E-state index contributed by atoms with van der Waals surface area (Å²) in [6.07, 6.45) is 4.42. The lowest BCUT2D eigenvalue weighted by molar-refractivity contribution is 1.12. The van der Waals surface area contributed by atoms with Crippen molar-refractivity contribution in [2.24, 2.45) is 0 Å². The molecule has 0 unspecified atom stereocenters. The molecule has 0 amide bonds. The van der Waals surface area contributed by atoms with E-state index < -0.39 is 0 Å². The normalized spacial score (nSPS) is 8.27. The number of rotatable bonds is 1. The molecule has 11 heavy (non-hydrogen) atoms. The third-order valence-corrected chi connectivity index (χ3v) is 1.33. The van der Waals surface area contributed by atoms with Gasteiger partial charge in [-0.1, -0.05) is 20.8 Å². The third-order valence-electron chi connectivity index (χ3n) is 1.33. The van der Waals surface area contributed by atoms with E-state index >= 15 is 0 Å². The molecule has 2 nitrogen and oxygen atoms in total. The quantitative estimate of drug-likeness (QED) is 0.670. The molecule has 2 N–H and O–H groups in total. The van der Waals surface area contributed by atoms with Gasteiger partial charge in [0.15, 0.2) is 0 Å². The van der Waals surface area contributed by atoms with E-state index in [1.165, 1.54) is 5.56 Å². The molecule has 0 atom stereocenters. The summed E-state index contributed by atoms with van der Waals surface area (Å²) in [5, 5.41) is 0. The second-order valence-electron chi connectivity index (χ2n) is 1.93. The Kier molecular flexibility index (Phi) is 5.17. The van der Waals surface area contributed by atoms with Gasteiger partial charge < -0.3 is 5.73 Å². The highest BCUT2D eigenvalue weighted by Crippen LogP contribution is 2.07. The van der Waals surface area contributed by atoms with Gasteiger partial charge in [-0.05, 0) is 18.1 Å². The minimum atomic E-state index is 0.792. The van der Waals surface area contributed by atoms with Crippen molar-refractivity contribution in [3.05, 3.63) is 24.0 Å². The first kappa shape index (κ1) is 9.95. The minimum absolute atomic E-state index is 0.792. The van der Waals surface area contributed by atoms with E-state index in [4.69, 9.17) is 5.73 Å². The van der Waals surface area contributed by atoms with Gasteiger partial charge in [-0.25, -0.2) is 0 Å². The molecule has 1 rings (SSSR count). The first-order chi connectivity index (χ1) is 5.34. The molecule has 0 spiro atoms. The maximum atomic E-state index is 5.57. The molecule has 62 valence electrons. The lowest BCUT2D eigenvalue weighted by Crippen LogP contribution is -1.92. The molecule has 0 bridgehead atoms. The highest BCUT2D eigenvalue weighted by atomic mass is 14.7. The van der Waals surface area contributed by atoms with E-state index in [0.29, 0.717) is 0 Å². The zero-order valence-electron chi connectivity index (χ0n) is 7.46. The molecule has 0 fully saturated rings. The number of anilines is 1. The Hall–Kier alpha value is -1.05. The number of nitrogens with zero attached hydrogens (tertiary/aromatic N) is 1. The second-order valence-corrected chi connectivity index (χ2v) is 1.93. The van der Waals surface area contributed by atoms with Crippen LogP contribution in [0.3, 0.4) is 0 Å². The Bertz CT molecular complexity index is 197. The highest BCUT2D eigenvalue weighted by molar-refractivity contribution is 5.43. The van der Waals surface area contributed by atoms with Gasteiger partial charge in [0.05, 0.1) is 11.9 Å². The zero-order chi connectivity index (χ0) is 8.69. The predicted octanol–water partition coefficient (Wildman–Crippen LogP) is 2.25. The molecule has 0 aliphatic carbocycles. The summed E-state index contributed by atoms with van der Waals surface area (Å²) in [4.78, 5) is 3.87. The Morgan fingerprint density at radius 2 is 2.09 bits per heavy atom. The van der Waals surface area contributed by atoms with Crippen LogP contribution in [0.4, 0.5) is 5.69 Å². The van der Waals surface area contributed by atoms with Crippen molar-refractivity contribution >= 4 is 5.69 Å². The molecule has 2 heteroatoms. The predicted molar refractivity (Wildman–Crippen MR) is 49.4 cm³/mol. The molecular weight excluding hydrogens is 136 g/mol. The van der Waals surface area contributed by atoms with Crippen molar-refractivity contribution < 1.29 is 0 Å². The fourth-order valence-corrected chi connectivity index (χ4v) is 0.757. The molecule has 1 aromatic rings. The van der Waals surface area contributed by atoms with Crippen LogP contribution in [0.25, 0.3) is 0 Å². The number of nitrogen functional groups attached to an aromatic ring is 1. The number of aromatic nitrogens is 1. The molecule has 0 aliphatic rings. The maximum Gasteiger partial charge on any atom is 0.0533 e. The number of aryl methyl sites for hydroxylation is 1. The van der Waals surface area contributed by atoms with E-state index in [9.17, 15) is 0 Å².